The third-order valence-electron chi connectivity index (χ3n) is 6.88. The molecule has 0 spiro atoms. The summed E-state index contributed by atoms with van der Waals surface area (Å²) >= 11 is 0. The topological polar surface area (TPSA) is 65.0 Å². The van der Waals surface area contributed by atoms with Crippen molar-refractivity contribution in [1.82, 2.24) is 5.32 Å². The number of halogens is 4. The van der Waals surface area contributed by atoms with E-state index < -0.39 is 48.1 Å². The van der Waals surface area contributed by atoms with Crippen molar-refractivity contribution in [3.63, 3.8) is 0 Å². The molecule has 2 aromatic rings. The van der Waals surface area contributed by atoms with Crippen molar-refractivity contribution in [3.8, 4) is 0 Å². The van der Waals surface area contributed by atoms with Crippen molar-refractivity contribution in [2.45, 2.75) is 57.0 Å². The molecule has 2 aromatic carbocycles. The Bertz CT molecular complexity index is 1250. The minimum atomic E-state index is -2.77. The first kappa shape index (κ1) is 27.3. The zero-order valence-corrected chi connectivity index (χ0v) is 21.3. The van der Waals surface area contributed by atoms with Crippen LogP contribution in [0.3, 0.4) is 0 Å². The number of alkyl halides is 2. The Morgan fingerprint density at radius 2 is 1.89 bits per heavy atom. The van der Waals surface area contributed by atoms with E-state index in [9.17, 15) is 27.2 Å². The molecule has 0 radical (unpaired) electrons. The average molecular weight is 531 g/mol. The number of carbonyl (C=O) groups is 2. The first-order valence-electron chi connectivity index (χ1n) is 12.6. The number of carbonyl (C=O) groups excluding carboxylic acids is 2. The highest BCUT2D eigenvalue weighted by molar-refractivity contribution is 6.12. The molecule has 1 N–H and O–H groups in total. The zero-order chi connectivity index (χ0) is 27.4. The Morgan fingerprint density at radius 1 is 1.18 bits per heavy atom. The van der Waals surface area contributed by atoms with Crippen LogP contribution in [-0.4, -0.2) is 43.3 Å². The number of nitrogens with zero attached hydrogens (tertiary/aromatic N) is 3. The van der Waals surface area contributed by atoms with Gasteiger partial charge >= 0.3 is 0 Å². The number of benzene rings is 2. The monoisotopic (exact) mass is 530 g/mol. The fraction of sp³-hybridized carbons (Fsp3) is 0.393. The zero-order valence-electron chi connectivity index (χ0n) is 21.3. The summed E-state index contributed by atoms with van der Waals surface area (Å²) < 4.78 is 56.2. The summed E-state index contributed by atoms with van der Waals surface area (Å²) in [6.45, 7) is 1.40. The van der Waals surface area contributed by atoms with Crippen LogP contribution >= 0.6 is 0 Å². The normalized spacial score (nSPS) is 19.9. The molecule has 2 aliphatic rings. The molecule has 10 heteroatoms. The Hall–Kier alpha value is -3.69. The van der Waals surface area contributed by atoms with Crippen LogP contribution in [0.4, 0.5) is 28.9 Å². The van der Waals surface area contributed by atoms with Gasteiger partial charge in [-0.3, -0.25) is 19.5 Å². The maximum atomic E-state index is 14.3. The summed E-state index contributed by atoms with van der Waals surface area (Å²) in [4.78, 5) is 33.9. The van der Waals surface area contributed by atoms with E-state index in [1.54, 1.807) is 37.3 Å². The summed E-state index contributed by atoms with van der Waals surface area (Å²) in [6.07, 6.45) is 1.60. The number of amides is 2. The maximum absolute atomic E-state index is 14.3. The van der Waals surface area contributed by atoms with E-state index in [0.29, 0.717) is 17.7 Å². The van der Waals surface area contributed by atoms with Crippen LogP contribution in [0.15, 0.2) is 65.3 Å². The van der Waals surface area contributed by atoms with Crippen molar-refractivity contribution >= 4 is 29.2 Å². The molecule has 38 heavy (non-hydrogen) atoms. The Balaban J connectivity index is 1.71. The van der Waals surface area contributed by atoms with Gasteiger partial charge in [0.15, 0.2) is 0 Å². The minimum Gasteiger partial charge on any atom is -0.373 e. The van der Waals surface area contributed by atoms with E-state index in [1.165, 1.54) is 35.0 Å². The lowest BCUT2D eigenvalue weighted by Crippen LogP contribution is -2.48. The van der Waals surface area contributed by atoms with Crippen LogP contribution in [0.25, 0.3) is 0 Å². The second kappa shape index (κ2) is 11.4. The molecule has 202 valence electrons. The fourth-order valence-electron chi connectivity index (χ4n) is 5.10. The maximum Gasteiger partial charge on any atom is 0.255 e. The number of aliphatic imine (C=N–C) groups is 1. The number of anilines is 2. The van der Waals surface area contributed by atoms with E-state index in [2.05, 4.69) is 10.3 Å². The molecule has 1 aliphatic carbocycles. The lowest BCUT2D eigenvalue weighted by molar-refractivity contribution is -0.124. The molecule has 1 fully saturated rings. The molecule has 0 saturated heterocycles. The lowest BCUT2D eigenvalue weighted by atomic mass is 9.91. The molecule has 4 rings (SSSR count). The van der Waals surface area contributed by atoms with E-state index in [1.807, 2.05) is 0 Å². The number of hydrogen-bond acceptors (Lipinski definition) is 4. The summed E-state index contributed by atoms with van der Waals surface area (Å²) in [5, 5.41) is 2.74. The molecule has 1 atom stereocenters. The number of hydrogen-bond donors (Lipinski definition) is 1. The Labute approximate surface area is 219 Å². The van der Waals surface area contributed by atoms with Crippen molar-refractivity contribution < 1.29 is 27.2 Å². The Morgan fingerprint density at radius 3 is 2.55 bits per heavy atom. The van der Waals surface area contributed by atoms with Crippen molar-refractivity contribution in [2.75, 3.05) is 23.4 Å². The Kier molecular flexibility index (Phi) is 8.18. The first-order chi connectivity index (χ1) is 18.2. The fourth-order valence-corrected chi connectivity index (χ4v) is 5.10. The smallest absolute Gasteiger partial charge is 0.255 e. The predicted molar refractivity (Wildman–Crippen MR) is 139 cm³/mol. The van der Waals surface area contributed by atoms with Gasteiger partial charge in [-0.05, 0) is 43.5 Å². The van der Waals surface area contributed by atoms with E-state index in [4.69, 9.17) is 0 Å². The molecule has 1 saturated carbocycles. The second-order valence-corrected chi connectivity index (χ2v) is 9.39. The summed E-state index contributed by atoms with van der Waals surface area (Å²) in [7, 11) is 1.28. The van der Waals surface area contributed by atoms with Gasteiger partial charge in [0.05, 0.1) is 12.2 Å². The highest BCUT2D eigenvalue weighted by atomic mass is 19.3. The van der Waals surface area contributed by atoms with Gasteiger partial charge in [0.1, 0.15) is 11.9 Å². The molecular weight excluding hydrogens is 500 g/mol. The van der Waals surface area contributed by atoms with Gasteiger partial charge in [-0.2, -0.15) is 4.39 Å². The van der Waals surface area contributed by atoms with Gasteiger partial charge < -0.3 is 10.2 Å². The van der Waals surface area contributed by atoms with E-state index >= 15 is 0 Å². The number of rotatable bonds is 8. The summed E-state index contributed by atoms with van der Waals surface area (Å²) in [5.74, 6) is -5.21. The molecule has 1 unspecified atom stereocenters. The molecule has 0 bridgehead atoms. The highest BCUT2D eigenvalue weighted by Gasteiger charge is 2.47. The van der Waals surface area contributed by atoms with Gasteiger partial charge in [-0.15, -0.1) is 0 Å². The van der Waals surface area contributed by atoms with Crippen molar-refractivity contribution in [2.24, 2.45) is 4.99 Å². The van der Waals surface area contributed by atoms with E-state index in [-0.39, 0.29) is 37.1 Å². The van der Waals surface area contributed by atoms with Gasteiger partial charge in [0.2, 0.25) is 17.8 Å². The number of nitrogens with one attached hydrogen (secondary N) is 1. The predicted octanol–water partition coefficient (Wildman–Crippen LogP) is 5.71. The van der Waals surface area contributed by atoms with Crippen LogP contribution in [0.2, 0.25) is 0 Å². The number of allylic oxidation sites excluding steroid dienone is 2. The van der Waals surface area contributed by atoms with E-state index in [0.717, 1.165) is 6.07 Å². The highest BCUT2D eigenvalue weighted by Crippen LogP contribution is 2.45. The number of para-hydroxylation sites is 1. The average Bonchev–Trinajstić information content (AvgIpc) is 3.18. The molecule has 1 aliphatic heterocycles. The SMILES string of the molecule is CC/C=C(/NCC(=O)N(c1cccc(F)c1)C1C(=O)N(C2CCC(F)(F)CC2)c2ccccc21)C(F)=NC. The van der Waals surface area contributed by atoms with Crippen LogP contribution in [0, 0.1) is 5.82 Å². The molecule has 2 amide bonds. The quantitative estimate of drug-likeness (QED) is 0.352. The molecule has 0 aromatic heterocycles. The van der Waals surface area contributed by atoms with Gasteiger partial charge in [-0.1, -0.05) is 37.3 Å². The van der Waals surface area contributed by atoms with Crippen LogP contribution in [0.1, 0.15) is 50.6 Å². The van der Waals surface area contributed by atoms with Crippen LogP contribution in [-0.2, 0) is 9.59 Å². The molecule has 1 heterocycles. The second-order valence-electron chi connectivity index (χ2n) is 9.39. The molecule has 6 nitrogen and oxygen atoms in total. The lowest BCUT2D eigenvalue weighted by Gasteiger charge is -2.35. The minimum absolute atomic E-state index is 0.0328. The van der Waals surface area contributed by atoms with Crippen molar-refractivity contribution in [1.29, 1.82) is 0 Å². The van der Waals surface area contributed by atoms with Gasteiger partial charge in [0.25, 0.3) is 5.91 Å². The number of fused-ring (bicyclic) bond motifs is 1. The van der Waals surface area contributed by atoms with Gasteiger partial charge in [-0.25, -0.2) is 13.2 Å². The molecular formula is C28H30F4N4O2. The summed E-state index contributed by atoms with van der Waals surface area (Å²) in [5.41, 5.74) is 1.23. The third-order valence-corrected chi connectivity index (χ3v) is 6.88. The standard InChI is InChI=1S/C28H30F4N4O2/c1-3-7-22(26(30)33-2)34-17-24(37)36(20-9-6-8-18(29)16-20)25-21-10-4-5-11-23(21)35(27(25)38)19-12-14-28(31,32)15-13-19/h4-11,16,19,25,34H,3,12-15,17H2,1-2H3/b22-7+,33-26?. The summed E-state index contributed by atoms with van der Waals surface area (Å²) in [6, 6.07) is 10.6. The third kappa shape index (κ3) is 5.58. The van der Waals surface area contributed by atoms with Crippen molar-refractivity contribution in [3.05, 3.63) is 71.7 Å². The first-order valence-corrected chi connectivity index (χ1v) is 12.6. The van der Waals surface area contributed by atoms with Gasteiger partial charge in [0, 0.05) is 42.9 Å². The van der Waals surface area contributed by atoms with Crippen LogP contribution < -0.4 is 15.1 Å². The largest absolute Gasteiger partial charge is 0.373 e. The van der Waals surface area contributed by atoms with Crippen LogP contribution in [0.5, 0.6) is 0 Å².